The van der Waals surface area contributed by atoms with E-state index in [1.807, 2.05) is 6.26 Å². The Kier molecular flexibility index (Phi) is 2.53. The van der Waals surface area contributed by atoms with Crippen molar-refractivity contribution in [3.8, 4) is 0 Å². The number of rotatable bonds is 2. The molecule has 5 heteroatoms. The molecule has 1 rings (SSSR count). The number of nitrogens with zero attached hydrogens (tertiary/aromatic N) is 1. The van der Waals surface area contributed by atoms with Crippen LogP contribution in [0.5, 0.6) is 0 Å². The van der Waals surface area contributed by atoms with Crippen molar-refractivity contribution in [2.75, 3.05) is 11.6 Å². The molecule has 1 heterocycles. The maximum atomic E-state index is 10.5. The van der Waals surface area contributed by atoms with Gasteiger partial charge < -0.3 is 4.42 Å². The second-order valence-corrected chi connectivity index (χ2v) is 2.63. The number of carbonyl (C=O) groups is 1. The Labute approximate surface area is 68.4 Å². The zero-order valence-electron chi connectivity index (χ0n) is 6.25. The zero-order chi connectivity index (χ0) is 8.27. The molecule has 0 aliphatic carbocycles. The highest BCUT2D eigenvalue weighted by molar-refractivity contribution is 7.98. The minimum absolute atomic E-state index is 0.159. The number of anilines is 1. The van der Waals surface area contributed by atoms with Gasteiger partial charge in [0.05, 0.1) is 6.20 Å². The van der Waals surface area contributed by atoms with E-state index in [-0.39, 0.29) is 5.91 Å². The molecule has 0 radical (unpaired) electrons. The van der Waals surface area contributed by atoms with Gasteiger partial charge in [-0.15, -0.1) is 0 Å². The van der Waals surface area contributed by atoms with Crippen LogP contribution in [-0.2, 0) is 4.79 Å². The van der Waals surface area contributed by atoms with Gasteiger partial charge in [0.15, 0.2) is 0 Å². The normalized spacial score (nSPS) is 9.64. The molecule has 0 aliphatic heterocycles. The molecule has 11 heavy (non-hydrogen) atoms. The summed E-state index contributed by atoms with van der Waals surface area (Å²) in [5.41, 5.74) is 0. The maximum Gasteiger partial charge on any atom is 0.257 e. The molecule has 60 valence electrons. The number of hydrogen-bond donors (Lipinski definition) is 1. The van der Waals surface area contributed by atoms with E-state index in [1.165, 1.54) is 24.9 Å². The van der Waals surface area contributed by atoms with E-state index in [4.69, 9.17) is 4.42 Å². The number of amides is 1. The molecule has 0 bridgehead atoms. The molecular formula is C6H8N2O2S. The smallest absolute Gasteiger partial charge is 0.257 e. The van der Waals surface area contributed by atoms with Crippen LogP contribution in [0.1, 0.15) is 6.92 Å². The summed E-state index contributed by atoms with van der Waals surface area (Å²) in [6.45, 7) is 1.42. The van der Waals surface area contributed by atoms with Gasteiger partial charge in [-0.1, -0.05) is 11.8 Å². The van der Waals surface area contributed by atoms with Gasteiger partial charge >= 0.3 is 0 Å². The monoisotopic (exact) mass is 172 g/mol. The molecule has 0 aromatic carbocycles. The number of nitrogens with one attached hydrogen (secondary N) is 1. The van der Waals surface area contributed by atoms with E-state index in [1.54, 1.807) is 0 Å². The quantitative estimate of drug-likeness (QED) is 0.684. The highest BCUT2D eigenvalue weighted by atomic mass is 32.2. The number of hydrogen-bond acceptors (Lipinski definition) is 4. The van der Waals surface area contributed by atoms with Gasteiger partial charge in [-0.2, -0.15) is 0 Å². The first kappa shape index (κ1) is 8.13. The van der Waals surface area contributed by atoms with Crippen LogP contribution in [0.3, 0.4) is 0 Å². The van der Waals surface area contributed by atoms with Crippen molar-refractivity contribution in [2.24, 2.45) is 0 Å². The van der Waals surface area contributed by atoms with E-state index in [2.05, 4.69) is 10.3 Å². The van der Waals surface area contributed by atoms with Crippen molar-refractivity contribution in [1.29, 1.82) is 0 Å². The molecule has 0 atom stereocenters. The fraction of sp³-hybridized carbons (Fsp3) is 0.333. The Morgan fingerprint density at radius 3 is 3.00 bits per heavy atom. The molecule has 1 aromatic rings. The third kappa shape index (κ3) is 2.27. The highest BCUT2D eigenvalue weighted by Crippen LogP contribution is 2.17. The molecule has 0 fully saturated rings. The van der Waals surface area contributed by atoms with E-state index >= 15 is 0 Å². The van der Waals surface area contributed by atoms with Gasteiger partial charge in [0.2, 0.25) is 11.8 Å². The first-order valence-corrected chi connectivity index (χ1v) is 4.22. The highest BCUT2D eigenvalue weighted by Gasteiger charge is 2.02. The SMILES string of the molecule is CSc1ncc(NC(C)=O)o1. The largest absolute Gasteiger partial charge is 0.415 e. The lowest BCUT2D eigenvalue weighted by Gasteiger charge is -1.92. The third-order valence-corrected chi connectivity index (χ3v) is 1.50. The van der Waals surface area contributed by atoms with Crippen LogP contribution < -0.4 is 5.32 Å². The van der Waals surface area contributed by atoms with Crippen LogP contribution in [0.4, 0.5) is 5.88 Å². The second-order valence-electron chi connectivity index (χ2n) is 1.88. The average molecular weight is 172 g/mol. The van der Waals surface area contributed by atoms with Gasteiger partial charge in [0.25, 0.3) is 5.22 Å². The van der Waals surface area contributed by atoms with Crippen LogP contribution in [0.15, 0.2) is 15.8 Å². The maximum absolute atomic E-state index is 10.5. The molecule has 1 amide bonds. The second kappa shape index (κ2) is 3.43. The Balaban J connectivity index is 2.65. The summed E-state index contributed by atoms with van der Waals surface area (Å²) in [6.07, 6.45) is 3.33. The van der Waals surface area contributed by atoms with Crippen LogP contribution in [0.25, 0.3) is 0 Å². The fourth-order valence-corrected chi connectivity index (χ4v) is 0.915. The lowest BCUT2D eigenvalue weighted by atomic mass is 10.6. The number of carbonyl (C=O) groups excluding carboxylic acids is 1. The topological polar surface area (TPSA) is 55.1 Å². The van der Waals surface area contributed by atoms with Gasteiger partial charge in [-0.05, 0) is 6.26 Å². The van der Waals surface area contributed by atoms with Crippen LogP contribution in [0, 0.1) is 0 Å². The van der Waals surface area contributed by atoms with Gasteiger partial charge in [-0.25, -0.2) is 4.98 Å². The van der Waals surface area contributed by atoms with E-state index in [0.29, 0.717) is 11.1 Å². The molecular weight excluding hydrogens is 164 g/mol. The lowest BCUT2D eigenvalue weighted by molar-refractivity contribution is -0.114. The first-order chi connectivity index (χ1) is 5.22. The summed E-state index contributed by atoms with van der Waals surface area (Å²) in [5.74, 6) is 0.232. The Morgan fingerprint density at radius 2 is 2.55 bits per heavy atom. The fourth-order valence-electron chi connectivity index (χ4n) is 0.584. The van der Waals surface area contributed by atoms with Crippen LogP contribution in [-0.4, -0.2) is 17.1 Å². The standard InChI is InChI=1S/C6H8N2O2S/c1-4(9)8-5-3-7-6(10-5)11-2/h3H,1-2H3,(H,8,9). The molecule has 1 N–H and O–H groups in total. The third-order valence-electron chi connectivity index (χ3n) is 0.958. The summed E-state index contributed by atoms with van der Waals surface area (Å²) in [7, 11) is 0. The van der Waals surface area contributed by atoms with Crippen molar-refractivity contribution in [3.05, 3.63) is 6.20 Å². The summed E-state index contributed by atoms with van der Waals surface area (Å²) in [4.78, 5) is 14.4. The summed E-state index contributed by atoms with van der Waals surface area (Å²) in [6, 6.07) is 0. The molecule has 0 saturated carbocycles. The molecule has 0 aliphatic rings. The zero-order valence-corrected chi connectivity index (χ0v) is 7.07. The lowest BCUT2D eigenvalue weighted by Crippen LogP contribution is -2.04. The number of thioether (sulfide) groups is 1. The minimum Gasteiger partial charge on any atom is -0.415 e. The predicted molar refractivity (Wildman–Crippen MR) is 42.6 cm³/mol. The number of aromatic nitrogens is 1. The summed E-state index contributed by atoms with van der Waals surface area (Å²) < 4.78 is 5.06. The minimum atomic E-state index is -0.159. The van der Waals surface area contributed by atoms with Crippen molar-refractivity contribution in [2.45, 2.75) is 12.1 Å². The molecule has 0 saturated heterocycles. The number of oxazole rings is 1. The Bertz CT molecular complexity index is 259. The average Bonchev–Trinajstić information content (AvgIpc) is 2.34. The van der Waals surface area contributed by atoms with E-state index < -0.39 is 0 Å². The van der Waals surface area contributed by atoms with Crippen LogP contribution in [0.2, 0.25) is 0 Å². The van der Waals surface area contributed by atoms with Crippen molar-refractivity contribution >= 4 is 23.6 Å². The van der Waals surface area contributed by atoms with Gasteiger partial charge in [0.1, 0.15) is 0 Å². The van der Waals surface area contributed by atoms with Crippen molar-refractivity contribution < 1.29 is 9.21 Å². The van der Waals surface area contributed by atoms with Crippen LogP contribution >= 0.6 is 11.8 Å². The van der Waals surface area contributed by atoms with E-state index in [0.717, 1.165) is 0 Å². The molecule has 1 aromatic heterocycles. The Hall–Kier alpha value is -0.970. The Morgan fingerprint density at radius 1 is 1.82 bits per heavy atom. The predicted octanol–water partition coefficient (Wildman–Crippen LogP) is 1.35. The first-order valence-electron chi connectivity index (χ1n) is 3.00. The summed E-state index contributed by atoms with van der Waals surface area (Å²) in [5, 5.41) is 3.03. The van der Waals surface area contributed by atoms with Gasteiger partial charge in [-0.3, -0.25) is 10.1 Å². The molecule has 0 unspecified atom stereocenters. The van der Waals surface area contributed by atoms with E-state index in [9.17, 15) is 4.79 Å². The van der Waals surface area contributed by atoms with Gasteiger partial charge in [0, 0.05) is 6.92 Å². The molecule has 0 spiro atoms. The summed E-state index contributed by atoms with van der Waals surface area (Å²) >= 11 is 1.39. The molecule has 4 nitrogen and oxygen atoms in total. The van der Waals surface area contributed by atoms with Crippen molar-refractivity contribution in [3.63, 3.8) is 0 Å². The van der Waals surface area contributed by atoms with Crippen molar-refractivity contribution in [1.82, 2.24) is 4.98 Å².